The van der Waals surface area contributed by atoms with E-state index in [1.807, 2.05) is 0 Å². The minimum atomic E-state index is -0.684. The molecule has 16 heavy (non-hydrogen) atoms. The average Bonchev–Trinajstić information content (AvgIpc) is 2.67. The van der Waals surface area contributed by atoms with E-state index in [4.69, 9.17) is 31.9 Å². The molecule has 1 N–H and O–H groups in total. The molecule has 5 nitrogen and oxygen atoms in total. The van der Waals surface area contributed by atoms with Crippen molar-refractivity contribution in [2.24, 2.45) is 0 Å². The van der Waals surface area contributed by atoms with Gasteiger partial charge in [-0.15, -0.1) is 0 Å². The van der Waals surface area contributed by atoms with E-state index in [2.05, 4.69) is 0 Å². The van der Waals surface area contributed by atoms with Gasteiger partial charge in [-0.1, -0.05) is 0 Å². The Labute approximate surface area is 96.4 Å². The second kappa shape index (κ2) is 4.62. The lowest BCUT2D eigenvalue weighted by Gasteiger charge is -2.36. The van der Waals surface area contributed by atoms with Gasteiger partial charge in [-0.05, 0) is 6.42 Å². The van der Waals surface area contributed by atoms with Crippen LogP contribution in [0.15, 0.2) is 0 Å². The molecular formula is C10H17BO5. The molecule has 0 amide bonds. The fourth-order valence-corrected chi connectivity index (χ4v) is 2.75. The molecule has 0 aromatic heterocycles. The molecular weight excluding hydrogens is 211 g/mol. The smallest absolute Gasteiger partial charge is 0.145 e. The summed E-state index contributed by atoms with van der Waals surface area (Å²) in [5.41, 5.74) is -0.684. The number of methoxy groups -OCH3 is 2. The standard InChI is InChI=1S/C10H17BO5/c1-13-5-10-6(3-4-12)15-7(8(10)14-2)9(11)16-10/h6-9,12H,3-5H2,1-2H3. The Kier molecular flexibility index (Phi) is 3.56. The van der Waals surface area contributed by atoms with Crippen LogP contribution < -0.4 is 0 Å². The van der Waals surface area contributed by atoms with Crippen molar-refractivity contribution in [2.75, 3.05) is 27.4 Å². The molecule has 0 aliphatic carbocycles. The third-order valence-electron chi connectivity index (χ3n) is 3.34. The van der Waals surface area contributed by atoms with Crippen LogP contribution in [0.4, 0.5) is 0 Å². The van der Waals surface area contributed by atoms with Gasteiger partial charge in [0.1, 0.15) is 25.7 Å². The largest absolute Gasteiger partial charge is 0.396 e. The normalized spacial score (nSPS) is 46.4. The second-order valence-corrected chi connectivity index (χ2v) is 4.23. The molecule has 0 aromatic carbocycles. The van der Waals surface area contributed by atoms with Crippen LogP contribution in [-0.2, 0) is 18.9 Å². The molecule has 2 rings (SSSR count). The fraction of sp³-hybridized carbons (Fsp3) is 1.00. The zero-order valence-electron chi connectivity index (χ0n) is 9.59. The van der Waals surface area contributed by atoms with Crippen molar-refractivity contribution in [3.8, 4) is 0 Å². The maximum atomic E-state index is 9.01. The molecule has 5 unspecified atom stereocenters. The highest BCUT2D eigenvalue weighted by Crippen LogP contribution is 2.46. The Morgan fingerprint density at radius 1 is 1.44 bits per heavy atom. The van der Waals surface area contributed by atoms with Crippen molar-refractivity contribution in [2.45, 2.75) is 36.3 Å². The van der Waals surface area contributed by atoms with Crippen LogP contribution in [0.25, 0.3) is 0 Å². The van der Waals surface area contributed by atoms with Gasteiger partial charge in [0.05, 0.1) is 12.7 Å². The molecule has 2 heterocycles. The summed E-state index contributed by atoms with van der Waals surface area (Å²) in [5.74, 6) is 0. The highest BCUT2D eigenvalue weighted by molar-refractivity contribution is 6.11. The molecule has 2 saturated heterocycles. The Morgan fingerprint density at radius 3 is 2.75 bits per heavy atom. The number of hydrogen-bond donors (Lipinski definition) is 1. The number of ether oxygens (including phenoxy) is 4. The molecule has 0 saturated carbocycles. The highest BCUT2D eigenvalue weighted by Gasteiger charge is 2.65. The van der Waals surface area contributed by atoms with E-state index in [0.29, 0.717) is 13.0 Å². The molecule has 5 atom stereocenters. The van der Waals surface area contributed by atoms with E-state index in [-0.39, 0.29) is 24.9 Å². The summed E-state index contributed by atoms with van der Waals surface area (Å²) in [5, 5.41) is 9.01. The van der Waals surface area contributed by atoms with Crippen LogP contribution in [-0.4, -0.2) is 70.3 Å². The lowest BCUT2D eigenvalue weighted by atomic mass is 9.89. The fourth-order valence-electron chi connectivity index (χ4n) is 2.75. The van der Waals surface area contributed by atoms with Crippen LogP contribution in [0.3, 0.4) is 0 Å². The first-order valence-electron chi connectivity index (χ1n) is 5.41. The van der Waals surface area contributed by atoms with Crippen LogP contribution in [0, 0.1) is 0 Å². The average molecular weight is 228 g/mol. The lowest BCUT2D eigenvalue weighted by Crippen LogP contribution is -2.52. The minimum Gasteiger partial charge on any atom is -0.396 e. The zero-order valence-corrected chi connectivity index (χ0v) is 9.59. The van der Waals surface area contributed by atoms with Crippen molar-refractivity contribution in [3.05, 3.63) is 0 Å². The van der Waals surface area contributed by atoms with Crippen LogP contribution in [0.1, 0.15) is 6.42 Å². The van der Waals surface area contributed by atoms with E-state index >= 15 is 0 Å². The summed E-state index contributed by atoms with van der Waals surface area (Å²) in [7, 11) is 9.02. The Bertz CT molecular complexity index is 251. The first-order chi connectivity index (χ1) is 7.69. The van der Waals surface area contributed by atoms with Gasteiger partial charge in [-0.25, -0.2) is 0 Å². The maximum absolute atomic E-state index is 9.01. The Balaban J connectivity index is 2.22. The monoisotopic (exact) mass is 228 g/mol. The van der Waals surface area contributed by atoms with Crippen molar-refractivity contribution in [1.82, 2.24) is 0 Å². The van der Waals surface area contributed by atoms with E-state index in [1.165, 1.54) is 0 Å². The van der Waals surface area contributed by atoms with Crippen LogP contribution >= 0.6 is 0 Å². The van der Waals surface area contributed by atoms with Gasteiger partial charge in [0, 0.05) is 26.8 Å². The third kappa shape index (κ3) is 1.60. The van der Waals surface area contributed by atoms with Crippen LogP contribution in [0.2, 0.25) is 0 Å². The first-order valence-corrected chi connectivity index (χ1v) is 5.41. The summed E-state index contributed by atoms with van der Waals surface area (Å²) in [4.78, 5) is 0. The number of aliphatic hydroxyl groups excluding tert-OH is 1. The van der Waals surface area contributed by atoms with Crippen molar-refractivity contribution < 1.29 is 24.1 Å². The number of fused-ring (bicyclic) bond motifs is 2. The first kappa shape index (κ1) is 12.3. The molecule has 2 bridgehead atoms. The van der Waals surface area contributed by atoms with E-state index in [1.54, 1.807) is 14.2 Å². The summed E-state index contributed by atoms with van der Waals surface area (Å²) in [6.07, 6.45) is -0.255. The van der Waals surface area contributed by atoms with Crippen molar-refractivity contribution in [3.63, 3.8) is 0 Å². The highest BCUT2D eigenvalue weighted by atomic mass is 16.7. The molecule has 2 aliphatic rings. The van der Waals surface area contributed by atoms with Gasteiger partial charge in [0.2, 0.25) is 0 Å². The van der Waals surface area contributed by atoms with Crippen LogP contribution in [0.5, 0.6) is 0 Å². The molecule has 0 spiro atoms. The minimum absolute atomic E-state index is 0.0396. The lowest BCUT2D eigenvalue weighted by molar-refractivity contribution is -0.188. The quantitative estimate of drug-likeness (QED) is 0.615. The van der Waals surface area contributed by atoms with Gasteiger partial charge in [-0.2, -0.15) is 0 Å². The second-order valence-electron chi connectivity index (χ2n) is 4.23. The van der Waals surface area contributed by atoms with Crippen molar-refractivity contribution >= 4 is 7.85 Å². The number of rotatable bonds is 5. The Morgan fingerprint density at radius 2 is 2.19 bits per heavy atom. The number of aliphatic hydroxyl groups is 1. The van der Waals surface area contributed by atoms with Gasteiger partial charge >= 0.3 is 0 Å². The van der Waals surface area contributed by atoms with Gasteiger partial charge in [0.15, 0.2) is 0 Å². The molecule has 2 radical (unpaired) electrons. The Hall–Kier alpha value is -0.135. The molecule has 0 aromatic rings. The van der Waals surface area contributed by atoms with Gasteiger partial charge < -0.3 is 24.1 Å². The van der Waals surface area contributed by atoms with E-state index < -0.39 is 11.6 Å². The third-order valence-corrected chi connectivity index (χ3v) is 3.34. The SMILES string of the molecule is [B]C1OC2(COC)C(CCO)OC1C2OC. The van der Waals surface area contributed by atoms with Gasteiger partial charge in [-0.3, -0.25) is 0 Å². The topological polar surface area (TPSA) is 57.2 Å². The summed E-state index contributed by atoms with van der Waals surface area (Å²) >= 11 is 0. The zero-order chi connectivity index (χ0) is 11.8. The maximum Gasteiger partial charge on any atom is 0.145 e. The molecule has 2 aliphatic heterocycles. The summed E-state index contributed by atoms with van der Waals surface area (Å²) in [6, 6.07) is -0.491. The molecule has 2 fully saturated rings. The van der Waals surface area contributed by atoms with Gasteiger partial charge in [0.25, 0.3) is 0 Å². The summed E-state index contributed by atoms with van der Waals surface area (Å²) < 4.78 is 22.1. The van der Waals surface area contributed by atoms with E-state index in [9.17, 15) is 0 Å². The van der Waals surface area contributed by atoms with E-state index in [0.717, 1.165) is 0 Å². The predicted molar refractivity (Wildman–Crippen MR) is 56.4 cm³/mol. The predicted octanol–water partition coefficient (Wildman–Crippen LogP) is -0.939. The number of hydrogen-bond acceptors (Lipinski definition) is 5. The molecule has 6 heteroatoms. The summed E-state index contributed by atoms with van der Waals surface area (Å²) in [6.45, 7) is 0.387. The van der Waals surface area contributed by atoms with Crippen molar-refractivity contribution in [1.29, 1.82) is 0 Å². The molecule has 90 valence electrons.